The Morgan fingerprint density at radius 1 is 1.35 bits per heavy atom. The summed E-state index contributed by atoms with van der Waals surface area (Å²) in [5.74, 6) is -0.435. The number of para-hydroxylation sites is 1. The summed E-state index contributed by atoms with van der Waals surface area (Å²) >= 11 is 0. The lowest BCUT2D eigenvalue weighted by Gasteiger charge is -1.96. The molecule has 0 aliphatic carbocycles. The van der Waals surface area contributed by atoms with Crippen LogP contribution in [-0.2, 0) is 9.53 Å². The minimum atomic E-state index is -0.435. The summed E-state index contributed by atoms with van der Waals surface area (Å²) in [6, 6.07) is 7.48. The molecule has 0 atom stereocenters. The van der Waals surface area contributed by atoms with Gasteiger partial charge in [-0.2, -0.15) is 0 Å². The van der Waals surface area contributed by atoms with Crippen molar-refractivity contribution >= 4 is 29.4 Å². The van der Waals surface area contributed by atoms with Crippen LogP contribution < -0.4 is 0 Å². The van der Waals surface area contributed by atoms with Crippen LogP contribution >= 0.6 is 0 Å². The lowest BCUT2D eigenvalue weighted by atomic mass is 10.2. The number of fused-ring (bicyclic) bond motifs is 1. The van der Waals surface area contributed by atoms with Gasteiger partial charge in [-0.1, -0.05) is 18.2 Å². The summed E-state index contributed by atoms with van der Waals surface area (Å²) in [7, 11) is 1.32. The van der Waals surface area contributed by atoms with E-state index in [4.69, 9.17) is 0 Å². The van der Waals surface area contributed by atoms with Crippen molar-refractivity contribution in [1.82, 2.24) is 4.57 Å². The SMILES string of the molecule is COC(=O)/C=C\n1cc(C=O)c2ccccc21. The molecule has 17 heavy (non-hydrogen) atoms. The van der Waals surface area contributed by atoms with E-state index in [1.165, 1.54) is 13.2 Å². The highest BCUT2D eigenvalue weighted by Crippen LogP contribution is 2.19. The molecule has 0 radical (unpaired) electrons. The molecule has 0 amide bonds. The zero-order chi connectivity index (χ0) is 12.3. The van der Waals surface area contributed by atoms with Gasteiger partial charge in [-0.3, -0.25) is 4.79 Å². The number of nitrogens with zero attached hydrogens (tertiary/aromatic N) is 1. The first-order valence-electron chi connectivity index (χ1n) is 5.07. The van der Waals surface area contributed by atoms with Crippen molar-refractivity contribution in [3.8, 4) is 0 Å². The first-order valence-corrected chi connectivity index (χ1v) is 5.07. The molecule has 0 N–H and O–H groups in total. The number of rotatable bonds is 3. The Bertz CT molecular complexity index is 596. The number of ether oxygens (including phenoxy) is 1. The Labute approximate surface area is 98.1 Å². The fourth-order valence-corrected chi connectivity index (χ4v) is 1.66. The van der Waals surface area contributed by atoms with Crippen LogP contribution in [0.5, 0.6) is 0 Å². The molecule has 0 fully saturated rings. The van der Waals surface area contributed by atoms with Gasteiger partial charge < -0.3 is 9.30 Å². The number of esters is 1. The quantitative estimate of drug-likeness (QED) is 0.460. The molecule has 1 aromatic carbocycles. The standard InChI is InChI=1S/C13H11NO3/c1-17-13(16)6-7-14-8-10(9-15)11-4-2-3-5-12(11)14/h2-9H,1H3/b7-6-. The molecule has 2 rings (SSSR count). The zero-order valence-electron chi connectivity index (χ0n) is 9.29. The number of carbonyl (C=O) groups excluding carboxylic acids is 2. The number of methoxy groups -OCH3 is 1. The van der Waals surface area contributed by atoms with Gasteiger partial charge in [0.15, 0.2) is 6.29 Å². The van der Waals surface area contributed by atoms with Crippen molar-refractivity contribution in [2.24, 2.45) is 0 Å². The Morgan fingerprint density at radius 3 is 2.82 bits per heavy atom. The van der Waals surface area contributed by atoms with Crippen LogP contribution in [-0.4, -0.2) is 23.9 Å². The van der Waals surface area contributed by atoms with Crippen LogP contribution in [0, 0.1) is 0 Å². The molecule has 86 valence electrons. The molecule has 0 spiro atoms. The summed E-state index contributed by atoms with van der Waals surface area (Å²) in [4.78, 5) is 21.9. The van der Waals surface area contributed by atoms with E-state index >= 15 is 0 Å². The number of hydrogen-bond donors (Lipinski definition) is 0. The summed E-state index contributed by atoms with van der Waals surface area (Å²) in [6.45, 7) is 0. The molecular weight excluding hydrogens is 218 g/mol. The maximum absolute atomic E-state index is 11.0. The summed E-state index contributed by atoms with van der Waals surface area (Å²) in [5.41, 5.74) is 1.46. The second-order valence-electron chi connectivity index (χ2n) is 3.47. The van der Waals surface area contributed by atoms with Crippen molar-refractivity contribution < 1.29 is 14.3 Å². The molecule has 0 aliphatic heterocycles. The van der Waals surface area contributed by atoms with Gasteiger partial charge in [-0.25, -0.2) is 4.79 Å². The van der Waals surface area contributed by atoms with Gasteiger partial charge in [0.25, 0.3) is 0 Å². The molecule has 0 unspecified atom stereocenters. The van der Waals surface area contributed by atoms with E-state index in [0.29, 0.717) is 5.56 Å². The monoisotopic (exact) mass is 229 g/mol. The fourth-order valence-electron chi connectivity index (χ4n) is 1.66. The average Bonchev–Trinajstić information content (AvgIpc) is 2.74. The molecular formula is C13H11NO3. The predicted octanol–water partition coefficient (Wildman–Crippen LogP) is 2.10. The van der Waals surface area contributed by atoms with E-state index in [1.54, 1.807) is 17.0 Å². The maximum atomic E-state index is 11.0. The third-order valence-corrected chi connectivity index (χ3v) is 2.47. The van der Waals surface area contributed by atoms with Crippen molar-refractivity contribution in [2.45, 2.75) is 0 Å². The molecule has 4 heteroatoms. The smallest absolute Gasteiger partial charge is 0.331 e. The van der Waals surface area contributed by atoms with E-state index in [0.717, 1.165) is 17.2 Å². The van der Waals surface area contributed by atoms with Gasteiger partial charge in [-0.15, -0.1) is 0 Å². The van der Waals surface area contributed by atoms with Gasteiger partial charge >= 0.3 is 5.97 Å². The minimum absolute atomic E-state index is 0.435. The van der Waals surface area contributed by atoms with Gasteiger partial charge in [0.2, 0.25) is 0 Å². The Kier molecular flexibility index (Phi) is 3.05. The number of carbonyl (C=O) groups is 2. The maximum Gasteiger partial charge on any atom is 0.331 e. The Morgan fingerprint density at radius 2 is 2.12 bits per heavy atom. The van der Waals surface area contributed by atoms with Crippen LogP contribution in [0.15, 0.2) is 36.5 Å². The van der Waals surface area contributed by atoms with Crippen molar-refractivity contribution in [1.29, 1.82) is 0 Å². The van der Waals surface area contributed by atoms with Crippen molar-refractivity contribution in [3.05, 3.63) is 42.1 Å². The number of benzene rings is 1. The van der Waals surface area contributed by atoms with E-state index in [2.05, 4.69) is 4.74 Å². The lowest BCUT2D eigenvalue weighted by molar-refractivity contribution is -0.134. The molecule has 0 saturated heterocycles. The zero-order valence-corrected chi connectivity index (χ0v) is 9.29. The van der Waals surface area contributed by atoms with Gasteiger partial charge in [0, 0.05) is 29.4 Å². The largest absolute Gasteiger partial charge is 0.466 e. The predicted molar refractivity (Wildman–Crippen MR) is 64.7 cm³/mol. The van der Waals surface area contributed by atoms with Crippen LogP contribution in [0.3, 0.4) is 0 Å². The molecule has 4 nitrogen and oxygen atoms in total. The van der Waals surface area contributed by atoms with Crippen LogP contribution in [0.25, 0.3) is 17.1 Å². The molecule has 1 aromatic heterocycles. The van der Waals surface area contributed by atoms with Gasteiger partial charge in [0.1, 0.15) is 0 Å². The van der Waals surface area contributed by atoms with E-state index < -0.39 is 5.97 Å². The first-order chi connectivity index (χ1) is 8.26. The number of aldehydes is 1. The van der Waals surface area contributed by atoms with E-state index in [9.17, 15) is 9.59 Å². The molecule has 0 aliphatic rings. The highest BCUT2D eigenvalue weighted by atomic mass is 16.5. The fraction of sp³-hybridized carbons (Fsp3) is 0.0769. The highest BCUT2D eigenvalue weighted by Gasteiger charge is 2.05. The molecule has 1 heterocycles. The van der Waals surface area contributed by atoms with Gasteiger partial charge in [-0.05, 0) is 6.07 Å². The lowest BCUT2D eigenvalue weighted by Crippen LogP contribution is -1.95. The number of aromatic nitrogens is 1. The van der Waals surface area contributed by atoms with E-state index in [1.807, 2.05) is 24.3 Å². The van der Waals surface area contributed by atoms with Crippen molar-refractivity contribution in [2.75, 3.05) is 7.11 Å². The van der Waals surface area contributed by atoms with Gasteiger partial charge in [0.05, 0.1) is 12.6 Å². The molecule has 0 saturated carbocycles. The van der Waals surface area contributed by atoms with Crippen LogP contribution in [0.1, 0.15) is 10.4 Å². The summed E-state index contributed by atoms with van der Waals surface area (Å²) in [5, 5.41) is 0.858. The van der Waals surface area contributed by atoms with Crippen LogP contribution in [0.4, 0.5) is 0 Å². The topological polar surface area (TPSA) is 48.3 Å². The summed E-state index contributed by atoms with van der Waals surface area (Å²) in [6.07, 6.45) is 5.35. The number of hydrogen-bond acceptors (Lipinski definition) is 3. The van der Waals surface area contributed by atoms with Crippen molar-refractivity contribution in [3.63, 3.8) is 0 Å². The third kappa shape index (κ3) is 2.10. The second kappa shape index (κ2) is 4.65. The summed E-state index contributed by atoms with van der Waals surface area (Å²) < 4.78 is 6.23. The van der Waals surface area contributed by atoms with E-state index in [-0.39, 0.29) is 0 Å². The Hall–Kier alpha value is -2.36. The molecule has 2 aromatic rings. The molecule has 0 bridgehead atoms. The second-order valence-corrected chi connectivity index (χ2v) is 3.47. The van der Waals surface area contributed by atoms with Crippen LogP contribution in [0.2, 0.25) is 0 Å². The Balaban J connectivity index is 2.51. The third-order valence-electron chi connectivity index (χ3n) is 2.47. The first kappa shape index (κ1) is 11.1. The highest BCUT2D eigenvalue weighted by molar-refractivity contribution is 5.99. The minimum Gasteiger partial charge on any atom is -0.466 e. The normalized spacial score (nSPS) is 10.9. The average molecular weight is 229 g/mol.